The molecule has 2 aromatic heterocycles. The van der Waals surface area contributed by atoms with E-state index >= 15 is 0 Å². The number of fused-ring (bicyclic) bond motifs is 3. The van der Waals surface area contributed by atoms with E-state index in [0.29, 0.717) is 0 Å². The molecule has 1 amide bonds. The quantitative estimate of drug-likeness (QED) is 0.726. The number of nitrogens with zero attached hydrogens (tertiary/aromatic N) is 2. The molecule has 4 rings (SSSR count). The Morgan fingerprint density at radius 3 is 2.59 bits per heavy atom. The van der Waals surface area contributed by atoms with Crippen molar-refractivity contribution in [3.8, 4) is 5.75 Å². The molecule has 0 atom stereocenters. The molecule has 0 N–H and O–H groups in total. The smallest absolute Gasteiger partial charge is 0.256 e. The predicted molar refractivity (Wildman–Crippen MR) is 86.6 cm³/mol. The number of methoxy groups -OCH3 is 1. The number of rotatable bonds is 2. The van der Waals surface area contributed by atoms with Gasteiger partial charge in [0.1, 0.15) is 5.75 Å². The first-order valence-corrected chi connectivity index (χ1v) is 7.65. The molecule has 3 aromatic rings. The van der Waals surface area contributed by atoms with Gasteiger partial charge in [0.25, 0.3) is 5.91 Å². The van der Waals surface area contributed by atoms with Gasteiger partial charge in [0, 0.05) is 18.5 Å². The number of likely N-dealkylation sites (tertiary alicyclic amines) is 1. The lowest BCUT2D eigenvalue weighted by Crippen LogP contribution is -2.27. The van der Waals surface area contributed by atoms with Crippen molar-refractivity contribution >= 4 is 22.3 Å². The van der Waals surface area contributed by atoms with Gasteiger partial charge in [-0.1, -0.05) is 18.2 Å². The standard InChI is InChI=1S/C18H18N2O2/c1-22-13-8-9-16-17(18(21)19-10-4-5-11-19)14-6-2-3-7-15(14)20(16)12-13/h2-3,6-9,12H,4-5,10-11H2,1H3. The number of hydrogen-bond acceptors (Lipinski definition) is 2. The summed E-state index contributed by atoms with van der Waals surface area (Å²) in [5.41, 5.74) is 2.79. The number of ether oxygens (including phenoxy) is 1. The molecular weight excluding hydrogens is 276 g/mol. The van der Waals surface area contributed by atoms with Crippen LogP contribution < -0.4 is 4.74 Å². The van der Waals surface area contributed by atoms with E-state index in [9.17, 15) is 4.79 Å². The maximum Gasteiger partial charge on any atom is 0.256 e. The molecule has 0 aliphatic carbocycles. The molecule has 1 aliphatic heterocycles. The van der Waals surface area contributed by atoms with Crippen molar-refractivity contribution in [2.24, 2.45) is 0 Å². The first kappa shape index (κ1) is 13.2. The van der Waals surface area contributed by atoms with Gasteiger partial charge < -0.3 is 14.0 Å². The molecule has 1 saturated heterocycles. The molecule has 1 aromatic carbocycles. The summed E-state index contributed by atoms with van der Waals surface area (Å²) in [6, 6.07) is 11.9. The summed E-state index contributed by atoms with van der Waals surface area (Å²) in [6.45, 7) is 1.72. The first-order valence-electron chi connectivity index (χ1n) is 7.65. The van der Waals surface area contributed by atoms with E-state index in [1.54, 1.807) is 7.11 Å². The lowest BCUT2D eigenvalue weighted by Gasteiger charge is -2.15. The zero-order chi connectivity index (χ0) is 15.1. The van der Waals surface area contributed by atoms with Crippen LogP contribution in [0.15, 0.2) is 42.6 Å². The van der Waals surface area contributed by atoms with Crippen molar-refractivity contribution in [1.29, 1.82) is 0 Å². The van der Waals surface area contributed by atoms with E-state index in [1.165, 1.54) is 0 Å². The van der Waals surface area contributed by atoms with Crippen LogP contribution in [0.1, 0.15) is 23.2 Å². The number of carbonyl (C=O) groups excluding carboxylic acids is 1. The number of para-hydroxylation sites is 1. The second-order valence-electron chi connectivity index (χ2n) is 5.72. The Labute approximate surface area is 128 Å². The van der Waals surface area contributed by atoms with E-state index in [2.05, 4.69) is 4.40 Å². The summed E-state index contributed by atoms with van der Waals surface area (Å²) in [4.78, 5) is 14.9. The van der Waals surface area contributed by atoms with Gasteiger partial charge >= 0.3 is 0 Å². The average Bonchev–Trinajstić information content (AvgIpc) is 3.20. The minimum Gasteiger partial charge on any atom is -0.495 e. The van der Waals surface area contributed by atoms with Crippen molar-refractivity contribution in [3.63, 3.8) is 0 Å². The number of hydrogen-bond donors (Lipinski definition) is 0. The number of amides is 1. The largest absolute Gasteiger partial charge is 0.495 e. The highest BCUT2D eigenvalue weighted by atomic mass is 16.5. The van der Waals surface area contributed by atoms with Crippen LogP contribution >= 0.6 is 0 Å². The fourth-order valence-corrected chi connectivity index (χ4v) is 3.34. The number of carbonyl (C=O) groups is 1. The van der Waals surface area contributed by atoms with Gasteiger partial charge in [0.2, 0.25) is 0 Å². The highest BCUT2D eigenvalue weighted by Crippen LogP contribution is 2.30. The molecule has 0 bridgehead atoms. The maximum absolute atomic E-state index is 13.0. The van der Waals surface area contributed by atoms with E-state index in [4.69, 9.17) is 4.74 Å². The van der Waals surface area contributed by atoms with E-state index in [1.807, 2.05) is 47.5 Å². The average molecular weight is 294 g/mol. The van der Waals surface area contributed by atoms with Crippen LogP contribution in [-0.4, -0.2) is 35.4 Å². The Hall–Kier alpha value is -2.49. The molecule has 22 heavy (non-hydrogen) atoms. The van der Waals surface area contributed by atoms with E-state index in [0.717, 1.165) is 53.7 Å². The first-order chi connectivity index (χ1) is 10.8. The van der Waals surface area contributed by atoms with Crippen LogP contribution in [0.5, 0.6) is 5.75 Å². The van der Waals surface area contributed by atoms with Crippen molar-refractivity contribution in [3.05, 3.63) is 48.2 Å². The van der Waals surface area contributed by atoms with Crippen molar-refractivity contribution in [1.82, 2.24) is 9.30 Å². The number of aromatic nitrogens is 1. The predicted octanol–water partition coefficient (Wildman–Crippen LogP) is 3.34. The third-order valence-electron chi connectivity index (χ3n) is 4.45. The second kappa shape index (κ2) is 5.05. The van der Waals surface area contributed by atoms with Crippen molar-refractivity contribution < 1.29 is 9.53 Å². The van der Waals surface area contributed by atoms with Gasteiger partial charge in [-0.25, -0.2) is 0 Å². The van der Waals surface area contributed by atoms with Gasteiger partial charge in [-0.2, -0.15) is 0 Å². The van der Waals surface area contributed by atoms with Crippen LogP contribution in [0, 0.1) is 0 Å². The van der Waals surface area contributed by atoms with Crippen LogP contribution in [-0.2, 0) is 0 Å². The summed E-state index contributed by atoms with van der Waals surface area (Å²) < 4.78 is 7.38. The van der Waals surface area contributed by atoms with Gasteiger partial charge in [0.05, 0.1) is 29.9 Å². The third kappa shape index (κ3) is 1.87. The minimum absolute atomic E-state index is 0.140. The fraction of sp³-hybridized carbons (Fsp3) is 0.278. The summed E-state index contributed by atoms with van der Waals surface area (Å²) >= 11 is 0. The van der Waals surface area contributed by atoms with Gasteiger partial charge in [-0.15, -0.1) is 0 Å². The Morgan fingerprint density at radius 1 is 1.05 bits per heavy atom. The fourth-order valence-electron chi connectivity index (χ4n) is 3.34. The summed E-state index contributed by atoms with van der Waals surface area (Å²) in [7, 11) is 1.66. The second-order valence-corrected chi connectivity index (χ2v) is 5.72. The molecule has 0 saturated carbocycles. The Morgan fingerprint density at radius 2 is 1.82 bits per heavy atom. The van der Waals surface area contributed by atoms with Gasteiger partial charge in [-0.3, -0.25) is 4.79 Å². The van der Waals surface area contributed by atoms with E-state index in [-0.39, 0.29) is 5.91 Å². The zero-order valence-electron chi connectivity index (χ0n) is 12.6. The molecule has 0 radical (unpaired) electrons. The van der Waals surface area contributed by atoms with Gasteiger partial charge in [-0.05, 0) is 31.0 Å². The molecule has 3 heterocycles. The highest BCUT2D eigenvalue weighted by Gasteiger charge is 2.25. The monoisotopic (exact) mass is 294 g/mol. The summed E-state index contributed by atoms with van der Waals surface area (Å²) in [5.74, 6) is 0.926. The normalized spacial score (nSPS) is 14.9. The van der Waals surface area contributed by atoms with Crippen LogP contribution in [0.3, 0.4) is 0 Å². The Bertz CT molecular complexity index is 860. The highest BCUT2D eigenvalue weighted by molar-refractivity contribution is 6.13. The van der Waals surface area contributed by atoms with Gasteiger partial charge in [0.15, 0.2) is 0 Å². The van der Waals surface area contributed by atoms with E-state index < -0.39 is 0 Å². The van der Waals surface area contributed by atoms with Crippen molar-refractivity contribution in [2.45, 2.75) is 12.8 Å². The lowest BCUT2D eigenvalue weighted by molar-refractivity contribution is 0.0796. The number of benzene rings is 1. The van der Waals surface area contributed by atoms with Crippen LogP contribution in [0.2, 0.25) is 0 Å². The zero-order valence-corrected chi connectivity index (χ0v) is 12.6. The molecule has 4 nitrogen and oxygen atoms in total. The Balaban J connectivity index is 2.00. The van der Waals surface area contributed by atoms with Crippen LogP contribution in [0.25, 0.3) is 16.4 Å². The minimum atomic E-state index is 0.140. The molecule has 0 spiro atoms. The lowest BCUT2D eigenvalue weighted by atomic mass is 10.1. The van der Waals surface area contributed by atoms with Crippen molar-refractivity contribution in [2.75, 3.05) is 20.2 Å². The topological polar surface area (TPSA) is 34.0 Å². The molecule has 4 heteroatoms. The molecule has 0 unspecified atom stereocenters. The molecule has 1 aliphatic rings. The summed E-state index contributed by atoms with van der Waals surface area (Å²) in [5, 5.41) is 1.01. The molecule has 112 valence electrons. The maximum atomic E-state index is 13.0. The summed E-state index contributed by atoms with van der Waals surface area (Å²) in [6.07, 6.45) is 4.14. The van der Waals surface area contributed by atoms with Crippen LogP contribution in [0.4, 0.5) is 0 Å². The Kier molecular flexibility index (Phi) is 3.03. The number of pyridine rings is 1. The molecule has 1 fully saturated rings. The third-order valence-corrected chi connectivity index (χ3v) is 4.45. The molecular formula is C18H18N2O2. The SMILES string of the molecule is COc1ccc2c(C(=O)N3CCCC3)c3ccccc3n2c1.